The second-order valence-electron chi connectivity index (χ2n) is 10.8. The lowest BCUT2D eigenvalue weighted by molar-refractivity contribution is -0.137. The van der Waals surface area contributed by atoms with Crippen LogP contribution in [0.3, 0.4) is 0 Å². The lowest BCUT2D eigenvalue weighted by Crippen LogP contribution is -2.08. The Kier molecular flexibility index (Phi) is 7.83. The maximum absolute atomic E-state index is 16.8. The summed E-state index contributed by atoms with van der Waals surface area (Å²) in [4.78, 5) is 18.5. The first kappa shape index (κ1) is 29.7. The molecule has 0 unspecified atom stereocenters. The Morgan fingerprint density at radius 2 is 0.745 bits per heavy atom. The zero-order chi connectivity index (χ0) is 32.4. The standard InChI is InChI=1S/C39H24F4N4/c40-36-30(35-24-34(27-17-9-3-10-18-27)44-37(47-35)28-19-11-4-12-20-28)21-29(39(41,42)43)22-31(36)38-45-32(25-13-5-1-6-14-25)23-33(46-38)26-15-7-2-8-16-26/h1-24H. The summed E-state index contributed by atoms with van der Waals surface area (Å²) in [6.45, 7) is 0. The van der Waals surface area contributed by atoms with Gasteiger partial charge in [-0.2, -0.15) is 13.2 Å². The molecule has 0 aliphatic carbocycles. The fourth-order valence-electron chi connectivity index (χ4n) is 5.28. The second kappa shape index (κ2) is 12.4. The van der Waals surface area contributed by atoms with E-state index >= 15 is 4.39 Å². The smallest absolute Gasteiger partial charge is 0.228 e. The average Bonchev–Trinajstić information content (AvgIpc) is 3.12. The first-order valence-corrected chi connectivity index (χ1v) is 14.7. The van der Waals surface area contributed by atoms with E-state index in [1.165, 1.54) is 6.07 Å². The zero-order valence-electron chi connectivity index (χ0n) is 24.7. The van der Waals surface area contributed by atoms with Crippen molar-refractivity contribution in [1.29, 1.82) is 0 Å². The van der Waals surface area contributed by atoms with Crippen molar-refractivity contribution in [3.8, 4) is 67.8 Å². The SMILES string of the molecule is Fc1c(-c2cc(-c3ccccc3)nc(-c3ccccc3)n2)cc(C(F)(F)F)cc1-c1nc(-c2ccccc2)cc(-c2ccccc2)n1. The molecule has 0 amide bonds. The molecule has 5 aromatic carbocycles. The maximum Gasteiger partial charge on any atom is 0.416 e. The maximum atomic E-state index is 16.8. The lowest BCUT2D eigenvalue weighted by atomic mass is 9.99. The Balaban J connectivity index is 1.49. The van der Waals surface area contributed by atoms with Crippen LogP contribution >= 0.6 is 0 Å². The second-order valence-corrected chi connectivity index (χ2v) is 10.8. The van der Waals surface area contributed by atoms with Gasteiger partial charge in [0, 0.05) is 27.8 Å². The van der Waals surface area contributed by atoms with Gasteiger partial charge >= 0.3 is 6.18 Å². The molecular formula is C39H24F4N4. The van der Waals surface area contributed by atoms with Crippen molar-refractivity contribution in [2.24, 2.45) is 0 Å². The molecule has 47 heavy (non-hydrogen) atoms. The van der Waals surface area contributed by atoms with Crippen molar-refractivity contribution in [3.63, 3.8) is 0 Å². The van der Waals surface area contributed by atoms with Crippen molar-refractivity contribution in [2.45, 2.75) is 6.18 Å². The predicted octanol–water partition coefficient (Wildman–Crippen LogP) is 10.4. The molecular weight excluding hydrogens is 600 g/mol. The minimum absolute atomic E-state index is 0.00921. The number of aromatic nitrogens is 4. The topological polar surface area (TPSA) is 51.6 Å². The van der Waals surface area contributed by atoms with Crippen LogP contribution in [0.2, 0.25) is 0 Å². The van der Waals surface area contributed by atoms with Crippen LogP contribution in [-0.2, 0) is 6.18 Å². The summed E-state index contributed by atoms with van der Waals surface area (Å²) in [5.41, 5.74) is 2.24. The highest BCUT2D eigenvalue weighted by atomic mass is 19.4. The van der Waals surface area contributed by atoms with Gasteiger partial charge in [0.15, 0.2) is 11.6 Å². The molecule has 4 nitrogen and oxygen atoms in total. The number of nitrogens with zero attached hydrogens (tertiary/aromatic N) is 4. The molecule has 0 saturated carbocycles. The molecule has 7 rings (SSSR count). The van der Waals surface area contributed by atoms with Crippen LogP contribution in [0.25, 0.3) is 67.8 Å². The Hall–Kier alpha value is -6.02. The third-order valence-corrected chi connectivity index (χ3v) is 7.61. The Labute approximate surface area is 268 Å². The van der Waals surface area contributed by atoms with Gasteiger partial charge in [-0.3, -0.25) is 0 Å². The minimum atomic E-state index is -4.80. The lowest BCUT2D eigenvalue weighted by Gasteiger charge is -2.16. The highest BCUT2D eigenvalue weighted by molar-refractivity contribution is 5.78. The molecule has 8 heteroatoms. The van der Waals surface area contributed by atoms with Crippen molar-refractivity contribution in [3.05, 3.63) is 157 Å². The van der Waals surface area contributed by atoms with Gasteiger partial charge < -0.3 is 0 Å². The summed E-state index contributed by atoms with van der Waals surface area (Å²) < 4.78 is 60.3. The molecule has 2 heterocycles. The summed E-state index contributed by atoms with van der Waals surface area (Å²) in [7, 11) is 0. The summed E-state index contributed by atoms with van der Waals surface area (Å²) in [6, 6.07) is 41.2. The van der Waals surface area contributed by atoms with Crippen LogP contribution in [0.4, 0.5) is 17.6 Å². The van der Waals surface area contributed by atoms with E-state index in [1.807, 2.05) is 97.1 Å². The van der Waals surface area contributed by atoms with Gasteiger partial charge in [0.2, 0.25) is 0 Å². The largest absolute Gasteiger partial charge is 0.416 e. The normalized spacial score (nSPS) is 11.4. The van der Waals surface area contributed by atoms with E-state index in [0.29, 0.717) is 39.3 Å². The molecule has 0 aliphatic heterocycles. The number of hydrogen-bond acceptors (Lipinski definition) is 4. The highest BCUT2D eigenvalue weighted by Gasteiger charge is 2.34. The molecule has 0 N–H and O–H groups in total. The van der Waals surface area contributed by atoms with Gasteiger partial charge in [-0.25, -0.2) is 24.3 Å². The molecule has 0 spiro atoms. The first-order chi connectivity index (χ1) is 22.8. The third-order valence-electron chi connectivity index (χ3n) is 7.61. The molecule has 7 aromatic rings. The predicted molar refractivity (Wildman–Crippen MR) is 175 cm³/mol. The summed E-state index contributed by atoms with van der Waals surface area (Å²) in [5, 5.41) is 0. The number of alkyl halides is 3. The molecule has 2 aromatic heterocycles. The van der Waals surface area contributed by atoms with Crippen molar-refractivity contribution in [1.82, 2.24) is 19.9 Å². The summed E-state index contributed by atoms with van der Waals surface area (Å²) >= 11 is 0. The van der Waals surface area contributed by atoms with Crippen LogP contribution in [0.1, 0.15) is 5.56 Å². The van der Waals surface area contributed by atoms with E-state index < -0.39 is 23.1 Å². The molecule has 0 bridgehead atoms. The van der Waals surface area contributed by atoms with Gasteiger partial charge in [-0.15, -0.1) is 0 Å². The number of rotatable bonds is 6. The summed E-state index contributed by atoms with van der Waals surface area (Å²) in [6.07, 6.45) is -4.80. The van der Waals surface area contributed by atoms with E-state index in [9.17, 15) is 13.2 Å². The molecule has 0 atom stereocenters. The van der Waals surface area contributed by atoms with Gasteiger partial charge in [-0.1, -0.05) is 121 Å². The monoisotopic (exact) mass is 624 g/mol. The van der Waals surface area contributed by atoms with E-state index in [0.717, 1.165) is 12.1 Å². The van der Waals surface area contributed by atoms with E-state index in [1.54, 1.807) is 30.3 Å². The summed E-state index contributed by atoms with van der Waals surface area (Å²) in [5.74, 6) is -0.872. The molecule has 228 valence electrons. The van der Waals surface area contributed by atoms with Gasteiger partial charge in [0.1, 0.15) is 5.82 Å². The number of hydrogen-bond donors (Lipinski definition) is 0. The molecule has 0 aliphatic rings. The van der Waals surface area contributed by atoms with Crippen LogP contribution in [0, 0.1) is 5.82 Å². The van der Waals surface area contributed by atoms with E-state index in [-0.39, 0.29) is 22.9 Å². The van der Waals surface area contributed by atoms with Gasteiger partial charge in [0.05, 0.1) is 33.9 Å². The fraction of sp³-hybridized carbons (Fsp3) is 0.0256. The van der Waals surface area contributed by atoms with Crippen LogP contribution in [0.15, 0.2) is 146 Å². The Bertz CT molecular complexity index is 1910. The Morgan fingerprint density at radius 3 is 1.19 bits per heavy atom. The van der Waals surface area contributed by atoms with Crippen LogP contribution in [-0.4, -0.2) is 19.9 Å². The number of halogens is 4. The van der Waals surface area contributed by atoms with Crippen molar-refractivity contribution < 1.29 is 17.6 Å². The highest BCUT2D eigenvalue weighted by Crippen LogP contribution is 2.39. The zero-order valence-corrected chi connectivity index (χ0v) is 24.7. The van der Waals surface area contributed by atoms with Crippen LogP contribution in [0.5, 0.6) is 0 Å². The average molecular weight is 625 g/mol. The minimum Gasteiger partial charge on any atom is -0.228 e. The van der Waals surface area contributed by atoms with E-state index in [4.69, 9.17) is 4.98 Å². The van der Waals surface area contributed by atoms with Gasteiger partial charge in [-0.05, 0) is 24.3 Å². The van der Waals surface area contributed by atoms with E-state index in [2.05, 4.69) is 15.0 Å². The molecule has 0 radical (unpaired) electrons. The quantitative estimate of drug-likeness (QED) is 0.173. The fourth-order valence-corrected chi connectivity index (χ4v) is 5.28. The van der Waals surface area contributed by atoms with Crippen molar-refractivity contribution >= 4 is 0 Å². The number of benzene rings is 5. The Morgan fingerprint density at radius 1 is 0.383 bits per heavy atom. The van der Waals surface area contributed by atoms with Crippen LogP contribution < -0.4 is 0 Å². The first-order valence-electron chi connectivity index (χ1n) is 14.7. The molecule has 0 saturated heterocycles. The van der Waals surface area contributed by atoms with Gasteiger partial charge in [0.25, 0.3) is 0 Å². The van der Waals surface area contributed by atoms with Crippen molar-refractivity contribution in [2.75, 3.05) is 0 Å². The third kappa shape index (κ3) is 6.26. The molecule has 0 fully saturated rings.